The van der Waals surface area contributed by atoms with Gasteiger partial charge in [-0.3, -0.25) is 0 Å². The standard InChI is InChI=1S/C25H18I3NO4/c1-2-31-22-13-16(11-20(28)23(22)32-14-15-4-3-5-19(27)10-15)12-21-25(30)33-24(29-21)17-6-8-18(26)9-7-17/h3-13H,2,14H2,1H3/b21-12-. The predicted octanol–water partition coefficient (Wildman–Crippen LogP) is 6.82. The molecular formula is C25H18I3NO4. The van der Waals surface area contributed by atoms with Crippen molar-refractivity contribution in [3.8, 4) is 11.5 Å². The number of benzene rings is 3. The Morgan fingerprint density at radius 3 is 2.48 bits per heavy atom. The molecule has 4 rings (SSSR count). The van der Waals surface area contributed by atoms with Gasteiger partial charge in [0, 0.05) is 12.7 Å². The average molecular weight is 777 g/mol. The molecule has 1 heterocycles. The highest BCUT2D eigenvalue weighted by molar-refractivity contribution is 14.1. The zero-order valence-corrected chi connectivity index (χ0v) is 24.0. The lowest BCUT2D eigenvalue weighted by atomic mass is 10.1. The third-order valence-electron chi connectivity index (χ3n) is 4.62. The van der Waals surface area contributed by atoms with Gasteiger partial charge < -0.3 is 14.2 Å². The summed E-state index contributed by atoms with van der Waals surface area (Å²) in [6.45, 7) is 2.85. The van der Waals surface area contributed by atoms with Crippen molar-refractivity contribution in [1.82, 2.24) is 0 Å². The lowest BCUT2D eigenvalue weighted by molar-refractivity contribution is -0.129. The molecule has 0 N–H and O–H groups in total. The van der Waals surface area contributed by atoms with Gasteiger partial charge in [0.2, 0.25) is 5.90 Å². The molecule has 0 atom stereocenters. The van der Waals surface area contributed by atoms with Gasteiger partial charge in [0.15, 0.2) is 17.2 Å². The molecule has 1 aliphatic rings. The molecule has 3 aromatic carbocycles. The minimum atomic E-state index is -0.476. The second-order valence-electron chi connectivity index (χ2n) is 7.02. The molecule has 1 aliphatic heterocycles. The Morgan fingerprint density at radius 2 is 1.76 bits per heavy atom. The molecule has 5 nitrogen and oxygen atoms in total. The highest BCUT2D eigenvalue weighted by Gasteiger charge is 2.24. The summed E-state index contributed by atoms with van der Waals surface area (Å²) in [4.78, 5) is 16.8. The maximum Gasteiger partial charge on any atom is 0.363 e. The molecule has 0 amide bonds. The van der Waals surface area contributed by atoms with Crippen LogP contribution >= 0.6 is 67.8 Å². The normalized spacial score (nSPS) is 14.2. The van der Waals surface area contributed by atoms with E-state index in [4.69, 9.17) is 14.2 Å². The van der Waals surface area contributed by atoms with Gasteiger partial charge in [0.1, 0.15) is 6.61 Å². The number of carbonyl (C=O) groups is 1. The van der Waals surface area contributed by atoms with Crippen LogP contribution < -0.4 is 9.47 Å². The van der Waals surface area contributed by atoms with Crippen LogP contribution in [0.25, 0.3) is 6.08 Å². The van der Waals surface area contributed by atoms with E-state index in [0.29, 0.717) is 30.6 Å². The van der Waals surface area contributed by atoms with E-state index in [1.54, 1.807) is 6.08 Å². The summed E-state index contributed by atoms with van der Waals surface area (Å²) in [5.74, 6) is 1.13. The molecular weight excluding hydrogens is 759 g/mol. The summed E-state index contributed by atoms with van der Waals surface area (Å²) >= 11 is 6.73. The highest BCUT2D eigenvalue weighted by atomic mass is 127. The zero-order valence-electron chi connectivity index (χ0n) is 17.5. The quantitative estimate of drug-likeness (QED) is 0.150. The summed E-state index contributed by atoms with van der Waals surface area (Å²) in [6, 6.07) is 19.6. The minimum absolute atomic E-state index is 0.245. The number of rotatable bonds is 7. The largest absolute Gasteiger partial charge is 0.490 e. The number of hydrogen-bond donors (Lipinski definition) is 0. The first kappa shape index (κ1) is 24.5. The second kappa shape index (κ2) is 11.2. The lowest BCUT2D eigenvalue weighted by Crippen LogP contribution is -2.05. The van der Waals surface area contributed by atoms with Crippen molar-refractivity contribution < 1.29 is 19.0 Å². The Labute approximate surface area is 233 Å². The number of esters is 1. The third kappa shape index (κ3) is 6.27. The van der Waals surface area contributed by atoms with Gasteiger partial charge in [0.05, 0.1) is 10.2 Å². The summed E-state index contributed by atoms with van der Waals surface area (Å²) in [5, 5.41) is 0. The van der Waals surface area contributed by atoms with Crippen LogP contribution in [0.1, 0.15) is 23.6 Å². The van der Waals surface area contributed by atoms with E-state index < -0.39 is 5.97 Å². The number of ether oxygens (including phenoxy) is 3. The number of halogens is 3. The van der Waals surface area contributed by atoms with Crippen LogP contribution in [-0.2, 0) is 16.1 Å². The smallest absolute Gasteiger partial charge is 0.363 e. The second-order valence-corrected chi connectivity index (χ2v) is 10.7. The molecule has 0 aliphatic carbocycles. The summed E-state index contributed by atoms with van der Waals surface area (Å²) < 4.78 is 20.5. The molecule has 8 heteroatoms. The average Bonchev–Trinajstić information content (AvgIpc) is 3.14. The summed E-state index contributed by atoms with van der Waals surface area (Å²) in [5.41, 5.74) is 2.87. The first-order chi connectivity index (χ1) is 15.9. The van der Waals surface area contributed by atoms with Crippen LogP contribution in [0.5, 0.6) is 11.5 Å². The zero-order chi connectivity index (χ0) is 23.4. The van der Waals surface area contributed by atoms with Crippen molar-refractivity contribution in [1.29, 1.82) is 0 Å². The van der Waals surface area contributed by atoms with Crippen LogP contribution in [0.2, 0.25) is 0 Å². The van der Waals surface area contributed by atoms with E-state index in [-0.39, 0.29) is 5.70 Å². The van der Waals surface area contributed by atoms with Crippen LogP contribution in [0.4, 0.5) is 0 Å². The number of carbonyl (C=O) groups excluding carboxylic acids is 1. The Hall–Kier alpha value is -1.67. The van der Waals surface area contributed by atoms with Crippen molar-refractivity contribution in [2.45, 2.75) is 13.5 Å². The first-order valence-corrected chi connectivity index (χ1v) is 13.3. The Morgan fingerprint density at radius 1 is 0.970 bits per heavy atom. The van der Waals surface area contributed by atoms with Gasteiger partial charge in [-0.25, -0.2) is 9.79 Å². The van der Waals surface area contributed by atoms with Crippen molar-refractivity contribution in [3.05, 3.63) is 93.8 Å². The maximum atomic E-state index is 12.4. The van der Waals surface area contributed by atoms with Gasteiger partial charge in [-0.05, 0) is 140 Å². The van der Waals surface area contributed by atoms with E-state index in [2.05, 4.69) is 78.8 Å². The monoisotopic (exact) mass is 777 g/mol. The molecule has 3 aromatic rings. The maximum absolute atomic E-state index is 12.4. The molecule has 0 saturated heterocycles. The molecule has 0 radical (unpaired) electrons. The Balaban J connectivity index is 1.61. The molecule has 33 heavy (non-hydrogen) atoms. The van der Waals surface area contributed by atoms with Crippen LogP contribution in [-0.4, -0.2) is 18.5 Å². The van der Waals surface area contributed by atoms with Gasteiger partial charge in [-0.2, -0.15) is 0 Å². The fraction of sp³-hybridized carbons (Fsp3) is 0.120. The number of nitrogens with zero attached hydrogens (tertiary/aromatic N) is 1. The van der Waals surface area contributed by atoms with E-state index in [9.17, 15) is 4.79 Å². The van der Waals surface area contributed by atoms with Crippen molar-refractivity contribution in [3.63, 3.8) is 0 Å². The Bertz CT molecular complexity index is 1250. The van der Waals surface area contributed by atoms with Crippen molar-refractivity contribution in [2.24, 2.45) is 4.99 Å². The molecule has 0 bridgehead atoms. The fourth-order valence-corrected chi connectivity index (χ4v) is 4.89. The molecule has 0 saturated carbocycles. The predicted molar refractivity (Wildman–Crippen MR) is 154 cm³/mol. The topological polar surface area (TPSA) is 57.1 Å². The molecule has 0 fully saturated rings. The number of cyclic esters (lactones) is 1. The van der Waals surface area contributed by atoms with Crippen LogP contribution in [0.3, 0.4) is 0 Å². The molecule has 168 valence electrons. The highest BCUT2D eigenvalue weighted by Crippen LogP contribution is 2.36. The van der Waals surface area contributed by atoms with Crippen molar-refractivity contribution in [2.75, 3.05) is 6.61 Å². The van der Waals surface area contributed by atoms with E-state index in [1.807, 2.05) is 61.5 Å². The van der Waals surface area contributed by atoms with E-state index in [0.717, 1.165) is 27.4 Å². The van der Waals surface area contributed by atoms with Gasteiger partial charge >= 0.3 is 5.97 Å². The van der Waals surface area contributed by atoms with Crippen LogP contribution in [0, 0.1) is 10.7 Å². The SMILES string of the molecule is CCOc1cc(/C=C2\N=C(c3ccc(I)cc3)OC2=O)cc(I)c1OCc1cccc(I)c1. The third-order valence-corrected chi connectivity index (χ3v) is 6.81. The Kier molecular flexibility index (Phi) is 8.28. The summed E-state index contributed by atoms with van der Waals surface area (Å²) in [7, 11) is 0. The number of aliphatic imine (C=N–C) groups is 1. The van der Waals surface area contributed by atoms with E-state index >= 15 is 0 Å². The molecule has 0 aromatic heterocycles. The lowest BCUT2D eigenvalue weighted by Gasteiger charge is -2.15. The number of hydrogen-bond acceptors (Lipinski definition) is 5. The van der Waals surface area contributed by atoms with E-state index in [1.165, 1.54) is 0 Å². The first-order valence-electron chi connectivity index (χ1n) is 10.0. The fourth-order valence-electron chi connectivity index (χ4n) is 3.14. The molecule has 0 spiro atoms. The minimum Gasteiger partial charge on any atom is -0.490 e. The van der Waals surface area contributed by atoms with Gasteiger partial charge in [0.25, 0.3) is 0 Å². The van der Waals surface area contributed by atoms with Crippen LogP contribution in [0.15, 0.2) is 71.4 Å². The molecule has 0 unspecified atom stereocenters. The van der Waals surface area contributed by atoms with Gasteiger partial charge in [-0.1, -0.05) is 12.1 Å². The van der Waals surface area contributed by atoms with Crippen molar-refractivity contribution >= 4 is 85.7 Å². The van der Waals surface area contributed by atoms with Gasteiger partial charge in [-0.15, -0.1) is 0 Å². The summed E-state index contributed by atoms with van der Waals surface area (Å²) in [6.07, 6.45) is 1.70.